The van der Waals surface area contributed by atoms with Gasteiger partial charge in [-0.15, -0.1) is 11.3 Å². The molecule has 2 rings (SSSR count). The lowest BCUT2D eigenvalue weighted by atomic mass is 10.1. The topological polar surface area (TPSA) is 0 Å². The summed E-state index contributed by atoms with van der Waals surface area (Å²) in [7, 11) is 0. The van der Waals surface area contributed by atoms with Crippen molar-refractivity contribution in [3.8, 4) is 0 Å². The first kappa shape index (κ1) is 12.9. The number of hydrogen-bond acceptors (Lipinski definition) is 1. The van der Waals surface area contributed by atoms with Crippen LogP contribution in [0.15, 0.2) is 33.4 Å². The SMILES string of the molecule is Clc1ccc(C(Br)c2csc(Br)c2)c(Cl)c1. The highest BCUT2D eigenvalue weighted by Gasteiger charge is 2.15. The zero-order chi connectivity index (χ0) is 11.7. The van der Waals surface area contributed by atoms with E-state index in [4.69, 9.17) is 23.2 Å². The smallest absolute Gasteiger partial charge is 0.0701 e. The van der Waals surface area contributed by atoms with Gasteiger partial charge in [0.25, 0.3) is 0 Å². The molecule has 0 bridgehead atoms. The fourth-order valence-corrected chi connectivity index (χ4v) is 4.03. The Kier molecular flexibility index (Phi) is 4.36. The lowest BCUT2D eigenvalue weighted by Gasteiger charge is -2.10. The number of alkyl halides is 1. The van der Waals surface area contributed by atoms with E-state index in [1.54, 1.807) is 17.4 Å². The van der Waals surface area contributed by atoms with Crippen LogP contribution in [-0.2, 0) is 0 Å². The van der Waals surface area contributed by atoms with E-state index in [0.29, 0.717) is 10.0 Å². The van der Waals surface area contributed by atoms with Gasteiger partial charge in [-0.2, -0.15) is 0 Å². The molecule has 0 spiro atoms. The first-order chi connectivity index (χ1) is 7.58. The molecule has 0 amide bonds. The summed E-state index contributed by atoms with van der Waals surface area (Å²) in [6, 6.07) is 7.62. The van der Waals surface area contributed by atoms with Gasteiger partial charge < -0.3 is 0 Å². The van der Waals surface area contributed by atoms with Gasteiger partial charge in [-0.1, -0.05) is 45.2 Å². The summed E-state index contributed by atoms with van der Waals surface area (Å²) in [5.74, 6) is 0. The van der Waals surface area contributed by atoms with Gasteiger partial charge in [0.15, 0.2) is 0 Å². The molecular weight excluding hydrogens is 395 g/mol. The van der Waals surface area contributed by atoms with Crippen molar-refractivity contribution in [3.05, 3.63) is 54.6 Å². The standard InChI is InChI=1S/C11H6Br2Cl2S/c12-10-3-6(5-16-10)11(13)8-2-1-7(14)4-9(8)15/h1-5,11H. The third-order valence-corrected chi connectivity index (χ3v) is 5.22. The van der Waals surface area contributed by atoms with Crippen molar-refractivity contribution in [2.45, 2.75) is 4.83 Å². The van der Waals surface area contributed by atoms with Crippen LogP contribution in [0.2, 0.25) is 10.0 Å². The molecule has 0 radical (unpaired) electrons. The first-order valence-corrected chi connectivity index (χ1v) is 7.75. The molecule has 0 aliphatic carbocycles. The van der Waals surface area contributed by atoms with Gasteiger partial charge >= 0.3 is 0 Å². The van der Waals surface area contributed by atoms with Gasteiger partial charge in [0, 0.05) is 10.0 Å². The van der Waals surface area contributed by atoms with Gasteiger partial charge in [-0.05, 0) is 50.6 Å². The lowest BCUT2D eigenvalue weighted by Crippen LogP contribution is -1.91. The number of benzene rings is 1. The van der Waals surface area contributed by atoms with Gasteiger partial charge in [0.2, 0.25) is 0 Å². The Morgan fingerprint density at radius 3 is 2.50 bits per heavy atom. The molecule has 1 aromatic heterocycles. The van der Waals surface area contributed by atoms with E-state index in [9.17, 15) is 0 Å². The minimum absolute atomic E-state index is 0.0971. The Bertz CT molecular complexity index is 510. The maximum Gasteiger partial charge on any atom is 0.0701 e. The van der Waals surface area contributed by atoms with Crippen LogP contribution in [-0.4, -0.2) is 0 Å². The van der Waals surface area contributed by atoms with Gasteiger partial charge in [-0.25, -0.2) is 0 Å². The molecule has 5 heteroatoms. The summed E-state index contributed by atoms with van der Waals surface area (Å²) in [6.07, 6.45) is 0. The molecule has 1 atom stereocenters. The van der Waals surface area contributed by atoms with Crippen LogP contribution < -0.4 is 0 Å². The highest BCUT2D eigenvalue weighted by molar-refractivity contribution is 9.11. The molecule has 0 aliphatic rings. The molecule has 0 nitrogen and oxygen atoms in total. The third-order valence-electron chi connectivity index (χ3n) is 2.12. The van der Waals surface area contributed by atoms with E-state index in [2.05, 4.69) is 43.3 Å². The van der Waals surface area contributed by atoms with Crippen LogP contribution in [0, 0.1) is 0 Å². The molecular formula is C11H6Br2Cl2S. The van der Waals surface area contributed by atoms with Crippen LogP contribution in [0.1, 0.15) is 16.0 Å². The largest absolute Gasteiger partial charge is 0.136 e. The van der Waals surface area contributed by atoms with Crippen molar-refractivity contribution >= 4 is 66.4 Å². The van der Waals surface area contributed by atoms with E-state index >= 15 is 0 Å². The van der Waals surface area contributed by atoms with Crippen molar-refractivity contribution in [2.75, 3.05) is 0 Å². The molecule has 1 aromatic carbocycles. The Morgan fingerprint density at radius 2 is 1.94 bits per heavy atom. The van der Waals surface area contributed by atoms with Crippen LogP contribution in [0.25, 0.3) is 0 Å². The summed E-state index contributed by atoms with van der Waals surface area (Å²) >= 11 is 20.8. The van der Waals surface area contributed by atoms with Crippen molar-refractivity contribution in [3.63, 3.8) is 0 Å². The molecule has 0 fully saturated rings. The Labute approximate surface area is 125 Å². The molecule has 16 heavy (non-hydrogen) atoms. The molecule has 0 saturated heterocycles. The number of halogens is 4. The average molecular weight is 401 g/mol. The van der Waals surface area contributed by atoms with Crippen molar-refractivity contribution in [1.82, 2.24) is 0 Å². The second kappa shape index (κ2) is 5.40. The second-order valence-corrected chi connectivity index (χ2v) is 7.26. The number of rotatable bonds is 2. The number of thiophene rings is 1. The fraction of sp³-hybridized carbons (Fsp3) is 0.0909. The van der Waals surface area contributed by atoms with Crippen molar-refractivity contribution in [2.24, 2.45) is 0 Å². The highest BCUT2D eigenvalue weighted by Crippen LogP contribution is 2.38. The Hall–Kier alpha value is 0.460. The summed E-state index contributed by atoms with van der Waals surface area (Å²) in [5, 5.41) is 3.42. The minimum Gasteiger partial charge on any atom is -0.136 e. The van der Waals surface area contributed by atoms with Crippen LogP contribution >= 0.6 is 66.4 Å². The average Bonchev–Trinajstić information content (AvgIpc) is 2.64. The Balaban J connectivity index is 2.37. The van der Waals surface area contributed by atoms with Crippen LogP contribution in [0.4, 0.5) is 0 Å². The highest BCUT2D eigenvalue weighted by atomic mass is 79.9. The second-order valence-electron chi connectivity index (χ2n) is 3.21. The zero-order valence-electron chi connectivity index (χ0n) is 7.88. The molecule has 0 N–H and O–H groups in total. The third kappa shape index (κ3) is 2.82. The van der Waals surface area contributed by atoms with Gasteiger partial charge in [0.05, 0.1) is 8.61 Å². The van der Waals surface area contributed by atoms with E-state index in [0.717, 1.165) is 9.35 Å². The normalized spacial score (nSPS) is 12.8. The van der Waals surface area contributed by atoms with Crippen LogP contribution in [0.3, 0.4) is 0 Å². The Morgan fingerprint density at radius 1 is 1.19 bits per heavy atom. The quantitative estimate of drug-likeness (QED) is 0.519. The molecule has 1 unspecified atom stereocenters. The van der Waals surface area contributed by atoms with Crippen molar-refractivity contribution in [1.29, 1.82) is 0 Å². The molecule has 0 saturated carbocycles. The maximum atomic E-state index is 6.16. The summed E-state index contributed by atoms with van der Waals surface area (Å²) < 4.78 is 1.11. The summed E-state index contributed by atoms with van der Waals surface area (Å²) in [6.45, 7) is 0. The number of hydrogen-bond donors (Lipinski definition) is 0. The van der Waals surface area contributed by atoms with Gasteiger partial charge in [0.1, 0.15) is 0 Å². The fourth-order valence-electron chi connectivity index (χ4n) is 1.34. The molecule has 0 aliphatic heterocycles. The first-order valence-electron chi connectivity index (χ1n) is 4.41. The lowest BCUT2D eigenvalue weighted by molar-refractivity contribution is 1.19. The van der Waals surface area contributed by atoms with Crippen molar-refractivity contribution < 1.29 is 0 Å². The maximum absolute atomic E-state index is 6.16. The predicted octanol–water partition coefficient (Wildman–Crippen LogP) is 6.30. The zero-order valence-corrected chi connectivity index (χ0v) is 13.4. The summed E-state index contributed by atoms with van der Waals surface area (Å²) in [4.78, 5) is 0.0971. The minimum atomic E-state index is 0.0971. The molecule has 2 aromatic rings. The van der Waals surface area contributed by atoms with Gasteiger partial charge in [-0.3, -0.25) is 0 Å². The van der Waals surface area contributed by atoms with E-state index < -0.39 is 0 Å². The predicted molar refractivity (Wildman–Crippen MR) is 79.3 cm³/mol. The van der Waals surface area contributed by atoms with E-state index in [1.807, 2.05) is 12.1 Å². The summed E-state index contributed by atoms with van der Waals surface area (Å²) in [5.41, 5.74) is 2.21. The molecule has 84 valence electrons. The van der Waals surface area contributed by atoms with Crippen LogP contribution in [0.5, 0.6) is 0 Å². The van der Waals surface area contributed by atoms with E-state index in [1.165, 1.54) is 5.56 Å². The van der Waals surface area contributed by atoms with E-state index in [-0.39, 0.29) is 4.83 Å². The monoisotopic (exact) mass is 398 g/mol. The molecule has 1 heterocycles.